The van der Waals surface area contributed by atoms with Gasteiger partial charge in [0, 0.05) is 30.1 Å². The molecule has 0 unspecified atom stereocenters. The molecule has 0 bridgehead atoms. The number of hydrogen-bond acceptors (Lipinski definition) is 4. The summed E-state index contributed by atoms with van der Waals surface area (Å²) in [6, 6.07) is 6.92. The van der Waals surface area contributed by atoms with Gasteiger partial charge in [-0.1, -0.05) is 6.07 Å². The van der Waals surface area contributed by atoms with Crippen molar-refractivity contribution in [2.75, 3.05) is 17.3 Å². The largest absolute Gasteiger partial charge is 0.306 e. The predicted molar refractivity (Wildman–Crippen MR) is 87.6 cm³/mol. The zero-order chi connectivity index (χ0) is 16.8. The van der Waals surface area contributed by atoms with E-state index >= 15 is 0 Å². The van der Waals surface area contributed by atoms with Crippen molar-refractivity contribution in [3.63, 3.8) is 0 Å². The number of nitrogens with zero attached hydrogens (tertiary/aromatic N) is 3. The number of amides is 2. The van der Waals surface area contributed by atoms with Crippen molar-refractivity contribution in [1.29, 1.82) is 0 Å². The summed E-state index contributed by atoms with van der Waals surface area (Å²) in [7, 11) is 1.70. The molecular formula is C17H18N4O2. The lowest BCUT2D eigenvalue weighted by Crippen LogP contribution is -2.33. The molecule has 23 heavy (non-hydrogen) atoms. The van der Waals surface area contributed by atoms with Gasteiger partial charge in [-0.05, 0) is 39.0 Å². The van der Waals surface area contributed by atoms with Crippen LogP contribution in [0.1, 0.15) is 35.5 Å². The Labute approximate surface area is 134 Å². The molecule has 0 saturated carbocycles. The fourth-order valence-corrected chi connectivity index (χ4v) is 2.77. The zero-order valence-electron chi connectivity index (χ0n) is 13.5. The first-order chi connectivity index (χ1) is 10.8. The number of anilines is 2. The maximum atomic E-state index is 12.3. The Morgan fingerprint density at radius 3 is 2.70 bits per heavy atom. The zero-order valence-corrected chi connectivity index (χ0v) is 13.5. The molecule has 2 aromatic rings. The summed E-state index contributed by atoms with van der Waals surface area (Å²) in [6.07, 6.45) is 1.59. The van der Waals surface area contributed by atoms with Gasteiger partial charge in [0.2, 0.25) is 5.91 Å². The molecule has 1 aliphatic rings. The van der Waals surface area contributed by atoms with Crippen molar-refractivity contribution >= 4 is 23.5 Å². The van der Waals surface area contributed by atoms with Gasteiger partial charge in [-0.15, -0.1) is 0 Å². The summed E-state index contributed by atoms with van der Waals surface area (Å²) in [6.45, 7) is 5.57. The minimum absolute atomic E-state index is 0.00626. The van der Waals surface area contributed by atoms with Crippen LogP contribution in [0.3, 0.4) is 0 Å². The molecule has 3 heterocycles. The van der Waals surface area contributed by atoms with Crippen molar-refractivity contribution in [2.45, 2.75) is 26.2 Å². The highest BCUT2D eigenvalue weighted by Crippen LogP contribution is 2.39. The first-order valence-electron chi connectivity index (χ1n) is 7.34. The molecule has 1 N–H and O–H groups in total. The number of carbonyl (C=O) groups is 2. The number of rotatable bonds is 2. The molecule has 0 aromatic carbocycles. The van der Waals surface area contributed by atoms with Crippen LogP contribution in [0.15, 0.2) is 30.5 Å². The third kappa shape index (κ3) is 2.46. The Morgan fingerprint density at radius 1 is 1.26 bits per heavy atom. The number of pyridine rings is 2. The topological polar surface area (TPSA) is 75.2 Å². The predicted octanol–water partition coefficient (Wildman–Crippen LogP) is 2.29. The summed E-state index contributed by atoms with van der Waals surface area (Å²) in [5.74, 6) is 0.742. The molecule has 2 amide bonds. The van der Waals surface area contributed by atoms with Crippen LogP contribution < -0.4 is 10.2 Å². The van der Waals surface area contributed by atoms with Crippen LogP contribution in [0.2, 0.25) is 0 Å². The minimum atomic E-state index is -0.595. The van der Waals surface area contributed by atoms with E-state index in [4.69, 9.17) is 0 Å². The molecule has 0 fully saturated rings. The van der Waals surface area contributed by atoms with Crippen LogP contribution >= 0.6 is 0 Å². The lowest BCUT2D eigenvalue weighted by molar-refractivity contribution is -0.121. The fraction of sp³-hybridized carbons (Fsp3) is 0.294. The molecular weight excluding hydrogens is 292 g/mol. The molecule has 6 heteroatoms. The van der Waals surface area contributed by atoms with Gasteiger partial charge in [0.05, 0.1) is 5.41 Å². The lowest BCUT2D eigenvalue weighted by atomic mass is 9.87. The molecule has 3 rings (SSSR count). The fourth-order valence-electron chi connectivity index (χ4n) is 2.77. The summed E-state index contributed by atoms with van der Waals surface area (Å²) in [5, 5.41) is 2.76. The molecule has 0 aliphatic carbocycles. The van der Waals surface area contributed by atoms with E-state index in [0.717, 1.165) is 11.3 Å². The van der Waals surface area contributed by atoms with E-state index < -0.39 is 5.41 Å². The number of nitrogens with one attached hydrogen (secondary N) is 1. The summed E-state index contributed by atoms with van der Waals surface area (Å²) in [5.41, 5.74) is 1.56. The maximum absolute atomic E-state index is 12.3. The molecule has 2 aromatic heterocycles. The monoisotopic (exact) mass is 310 g/mol. The molecule has 0 saturated heterocycles. The van der Waals surface area contributed by atoms with E-state index in [1.807, 2.05) is 26.8 Å². The number of carbonyl (C=O) groups excluding carboxylic acids is 2. The third-order valence-electron chi connectivity index (χ3n) is 4.11. The van der Waals surface area contributed by atoms with Crippen molar-refractivity contribution in [3.8, 4) is 0 Å². The van der Waals surface area contributed by atoms with Gasteiger partial charge in [0.1, 0.15) is 11.6 Å². The van der Waals surface area contributed by atoms with E-state index in [2.05, 4.69) is 15.3 Å². The standard InChI is InChI=1S/C17H18N4O2/c1-10-9-11(7-8-18-10)15(22)20-13-6-5-12-14(19-13)21(4)16(23)17(12,2)3/h5-9H,1-4H3,(H,19,20,22). The number of hydrogen-bond donors (Lipinski definition) is 1. The van der Waals surface area contributed by atoms with Crippen LogP contribution in [0.25, 0.3) is 0 Å². The van der Waals surface area contributed by atoms with Gasteiger partial charge in [-0.25, -0.2) is 4.98 Å². The molecule has 0 atom stereocenters. The average molecular weight is 310 g/mol. The molecule has 1 aliphatic heterocycles. The number of fused-ring (bicyclic) bond motifs is 1. The first kappa shape index (κ1) is 15.1. The molecule has 0 spiro atoms. The van der Waals surface area contributed by atoms with Gasteiger partial charge in [-0.3, -0.25) is 19.5 Å². The Balaban J connectivity index is 1.89. The highest BCUT2D eigenvalue weighted by atomic mass is 16.2. The van der Waals surface area contributed by atoms with Gasteiger partial charge < -0.3 is 5.32 Å². The Kier molecular flexibility index (Phi) is 3.39. The van der Waals surface area contributed by atoms with E-state index in [9.17, 15) is 9.59 Å². The van der Waals surface area contributed by atoms with Gasteiger partial charge >= 0.3 is 0 Å². The highest BCUT2D eigenvalue weighted by Gasteiger charge is 2.43. The van der Waals surface area contributed by atoms with Gasteiger partial charge in [-0.2, -0.15) is 0 Å². The van der Waals surface area contributed by atoms with Crippen LogP contribution in [-0.2, 0) is 10.2 Å². The van der Waals surface area contributed by atoms with E-state index in [1.54, 1.807) is 31.4 Å². The van der Waals surface area contributed by atoms with E-state index in [0.29, 0.717) is 17.2 Å². The quantitative estimate of drug-likeness (QED) is 0.923. The number of likely N-dealkylation sites (N-methyl/N-ethyl adjacent to an activating group) is 1. The second-order valence-electron chi connectivity index (χ2n) is 6.20. The van der Waals surface area contributed by atoms with E-state index in [-0.39, 0.29) is 11.8 Å². The van der Waals surface area contributed by atoms with Crippen LogP contribution in [0.5, 0.6) is 0 Å². The van der Waals surface area contributed by atoms with Gasteiger partial charge in [0.15, 0.2) is 0 Å². The second kappa shape index (κ2) is 5.15. The first-order valence-corrected chi connectivity index (χ1v) is 7.34. The highest BCUT2D eigenvalue weighted by molar-refractivity contribution is 6.07. The van der Waals surface area contributed by atoms with Crippen molar-refractivity contribution < 1.29 is 9.59 Å². The Morgan fingerprint density at radius 2 is 2.00 bits per heavy atom. The normalized spacial score (nSPS) is 15.5. The van der Waals surface area contributed by atoms with Crippen LogP contribution in [0.4, 0.5) is 11.6 Å². The lowest BCUT2D eigenvalue weighted by Gasteiger charge is -2.15. The van der Waals surface area contributed by atoms with Crippen LogP contribution in [0, 0.1) is 6.92 Å². The second-order valence-corrected chi connectivity index (χ2v) is 6.20. The summed E-state index contributed by atoms with van der Waals surface area (Å²) >= 11 is 0. The van der Waals surface area contributed by atoms with E-state index in [1.165, 1.54) is 4.90 Å². The maximum Gasteiger partial charge on any atom is 0.256 e. The third-order valence-corrected chi connectivity index (χ3v) is 4.11. The Bertz CT molecular complexity index is 814. The van der Waals surface area contributed by atoms with Crippen molar-refractivity contribution in [3.05, 3.63) is 47.3 Å². The average Bonchev–Trinajstić information content (AvgIpc) is 2.68. The summed E-state index contributed by atoms with van der Waals surface area (Å²) < 4.78 is 0. The van der Waals surface area contributed by atoms with Crippen molar-refractivity contribution in [1.82, 2.24) is 9.97 Å². The Hall–Kier alpha value is -2.76. The molecule has 6 nitrogen and oxygen atoms in total. The molecule has 118 valence electrons. The minimum Gasteiger partial charge on any atom is -0.306 e. The smallest absolute Gasteiger partial charge is 0.256 e. The SMILES string of the molecule is Cc1cc(C(=O)Nc2ccc3c(n2)N(C)C(=O)C3(C)C)ccn1. The number of aromatic nitrogens is 2. The number of aryl methyl sites for hydroxylation is 1. The summed E-state index contributed by atoms with van der Waals surface area (Å²) in [4.78, 5) is 34.6. The van der Waals surface area contributed by atoms with Gasteiger partial charge in [0.25, 0.3) is 5.91 Å². The molecule has 0 radical (unpaired) electrons. The van der Waals surface area contributed by atoms with Crippen molar-refractivity contribution in [2.24, 2.45) is 0 Å². The van der Waals surface area contributed by atoms with Crippen LogP contribution in [-0.4, -0.2) is 28.8 Å².